The first-order valence-corrected chi connectivity index (χ1v) is 8.72. The summed E-state index contributed by atoms with van der Waals surface area (Å²) in [6, 6.07) is 13.4. The summed E-state index contributed by atoms with van der Waals surface area (Å²) in [5.74, 6) is -1.44. The molecule has 2 heterocycles. The van der Waals surface area contributed by atoms with Crippen molar-refractivity contribution in [3.05, 3.63) is 59.7 Å². The van der Waals surface area contributed by atoms with Gasteiger partial charge in [-0.15, -0.1) is 0 Å². The minimum Gasteiger partial charge on any atom is -0.478 e. The fourth-order valence-electron chi connectivity index (χ4n) is 3.13. The van der Waals surface area contributed by atoms with E-state index in [1.807, 2.05) is 0 Å². The number of nitrogens with zero attached hydrogens (tertiary/aromatic N) is 1. The normalized spacial score (nSPS) is 17.5. The zero-order chi connectivity index (χ0) is 19.7. The Labute approximate surface area is 160 Å². The number of fused-ring (bicyclic) bond motifs is 2. The van der Waals surface area contributed by atoms with Crippen molar-refractivity contribution in [3.8, 4) is 5.75 Å². The maximum absolute atomic E-state index is 12.3. The van der Waals surface area contributed by atoms with Gasteiger partial charge in [0.1, 0.15) is 12.4 Å². The molecule has 2 aromatic carbocycles. The second kappa shape index (κ2) is 7.15. The van der Waals surface area contributed by atoms with Crippen LogP contribution in [0.15, 0.2) is 48.5 Å². The number of carbonyl (C=O) groups excluding carboxylic acids is 4. The van der Waals surface area contributed by atoms with E-state index in [1.54, 1.807) is 48.5 Å². The number of anilines is 1. The Morgan fingerprint density at radius 1 is 1.00 bits per heavy atom. The predicted molar refractivity (Wildman–Crippen MR) is 96.9 cm³/mol. The molecule has 142 valence electrons. The number of para-hydroxylation sites is 2. The average molecular weight is 380 g/mol. The van der Waals surface area contributed by atoms with Crippen molar-refractivity contribution in [1.29, 1.82) is 0 Å². The summed E-state index contributed by atoms with van der Waals surface area (Å²) < 4.78 is 10.6. The van der Waals surface area contributed by atoms with Crippen LogP contribution in [0.3, 0.4) is 0 Å². The lowest BCUT2D eigenvalue weighted by Crippen LogP contribution is -2.39. The van der Waals surface area contributed by atoms with E-state index >= 15 is 0 Å². The molecule has 1 unspecified atom stereocenters. The van der Waals surface area contributed by atoms with Gasteiger partial charge in [-0.2, -0.15) is 0 Å². The molecule has 0 aliphatic carbocycles. The van der Waals surface area contributed by atoms with E-state index in [-0.39, 0.29) is 19.6 Å². The number of esters is 1. The first-order chi connectivity index (χ1) is 13.5. The smallest absolute Gasteiger partial charge is 0.310 e. The molecule has 2 aliphatic rings. The molecule has 0 radical (unpaired) electrons. The summed E-state index contributed by atoms with van der Waals surface area (Å²) in [5.41, 5.74) is 1.22. The van der Waals surface area contributed by atoms with Crippen LogP contribution >= 0.6 is 0 Å². The van der Waals surface area contributed by atoms with Gasteiger partial charge in [-0.25, -0.2) is 0 Å². The Balaban J connectivity index is 1.30. The van der Waals surface area contributed by atoms with Crippen molar-refractivity contribution in [2.24, 2.45) is 0 Å². The van der Waals surface area contributed by atoms with Crippen molar-refractivity contribution >= 4 is 29.4 Å². The van der Waals surface area contributed by atoms with Crippen molar-refractivity contribution < 1.29 is 28.7 Å². The molecule has 8 heteroatoms. The SMILES string of the molecule is O=C(CC1Oc2ccccc2NC1=O)OCCN1C(=O)c2ccccc2C1=O. The molecule has 0 fully saturated rings. The van der Waals surface area contributed by atoms with Crippen molar-refractivity contribution in [2.75, 3.05) is 18.5 Å². The maximum Gasteiger partial charge on any atom is 0.310 e. The molecule has 8 nitrogen and oxygen atoms in total. The van der Waals surface area contributed by atoms with E-state index in [9.17, 15) is 19.2 Å². The zero-order valence-electron chi connectivity index (χ0n) is 14.7. The fourth-order valence-corrected chi connectivity index (χ4v) is 3.13. The molecular weight excluding hydrogens is 364 g/mol. The van der Waals surface area contributed by atoms with Crippen molar-refractivity contribution in [1.82, 2.24) is 4.90 Å². The Bertz CT molecular complexity index is 951. The number of hydrogen-bond acceptors (Lipinski definition) is 6. The lowest BCUT2D eigenvalue weighted by Gasteiger charge is -2.25. The van der Waals surface area contributed by atoms with Crippen LogP contribution in [0, 0.1) is 0 Å². The van der Waals surface area contributed by atoms with E-state index in [0.29, 0.717) is 22.6 Å². The van der Waals surface area contributed by atoms with Crippen LogP contribution < -0.4 is 10.1 Å². The van der Waals surface area contributed by atoms with Gasteiger partial charge in [-0.05, 0) is 24.3 Å². The Kier molecular flexibility index (Phi) is 4.52. The topological polar surface area (TPSA) is 102 Å². The number of amides is 3. The molecule has 0 saturated heterocycles. The zero-order valence-corrected chi connectivity index (χ0v) is 14.7. The summed E-state index contributed by atoms with van der Waals surface area (Å²) in [5, 5.41) is 2.67. The molecule has 1 N–H and O–H groups in total. The highest BCUT2D eigenvalue weighted by Crippen LogP contribution is 2.29. The van der Waals surface area contributed by atoms with Gasteiger partial charge >= 0.3 is 5.97 Å². The highest BCUT2D eigenvalue weighted by Gasteiger charge is 2.35. The number of nitrogens with one attached hydrogen (secondary N) is 1. The largest absolute Gasteiger partial charge is 0.478 e. The molecule has 1 atom stereocenters. The van der Waals surface area contributed by atoms with Crippen LogP contribution in [0.4, 0.5) is 5.69 Å². The summed E-state index contributed by atoms with van der Waals surface area (Å²) in [6.07, 6.45) is -1.27. The standard InChI is InChI=1S/C20H16N2O6/c23-17(11-16-18(24)21-14-7-3-4-8-15(14)28-16)27-10-9-22-19(25)12-5-1-2-6-13(12)20(22)26/h1-8,16H,9-11H2,(H,21,24). The Morgan fingerprint density at radius 2 is 1.64 bits per heavy atom. The second-order valence-electron chi connectivity index (χ2n) is 6.32. The monoisotopic (exact) mass is 380 g/mol. The molecule has 2 aromatic rings. The average Bonchev–Trinajstić information content (AvgIpc) is 2.94. The van der Waals surface area contributed by atoms with Gasteiger partial charge in [0.25, 0.3) is 17.7 Å². The second-order valence-corrected chi connectivity index (χ2v) is 6.32. The lowest BCUT2D eigenvalue weighted by molar-refractivity contribution is -0.148. The number of rotatable bonds is 5. The molecule has 28 heavy (non-hydrogen) atoms. The number of ether oxygens (including phenoxy) is 2. The molecule has 0 saturated carbocycles. The van der Waals surface area contributed by atoms with Gasteiger partial charge < -0.3 is 14.8 Å². The molecule has 4 rings (SSSR count). The van der Waals surface area contributed by atoms with E-state index in [1.165, 1.54) is 0 Å². The summed E-state index contributed by atoms with van der Waals surface area (Å²) in [4.78, 5) is 49.6. The van der Waals surface area contributed by atoms with Crippen molar-refractivity contribution in [3.63, 3.8) is 0 Å². The van der Waals surface area contributed by atoms with Gasteiger partial charge in [0.05, 0.1) is 29.8 Å². The molecule has 0 spiro atoms. The van der Waals surface area contributed by atoms with Gasteiger partial charge in [-0.3, -0.25) is 24.1 Å². The number of imide groups is 1. The Morgan fingerprint density at radius 3 is 2.36 bits per heavy atom. The third kappa shape index (κ3) is 3.20. The van der Waals surface area contributed by atoms with E-state index < -0.39 is 29.8 Å². The first-order valence-electron chi connectivity index (χ1n) is 8.72. The van der Waals surface area contributed by atoms with E-state index in [2.05, 4.69) is 5.32 Å². The van der Waals surface area contributed by atoms with Crippen molar-refractivity contribution in [2.45, 2.75) is 12.5 Å². The van der Waals surface area contributed by atoms with Crippen LogP contribution in [0.2, 0.25) is 0 Å². The number of benzene rings is 2. The highest BCUT2D eigenvalue weighted by atomic mass is 16.5. The molecule has 0 bridgehead atoms. The van der Waals surface area contributed by atoms with E-state index in [0.717, 1.165) is 4.90 Å². The van der Waals surface area contributed by atoms with Crippen LogP contribution in [0.5, 0.6) is 5.75 Å². The third-order valence-corrected chi connectivity index (χ3v) is 4.51. The van der Waals surface area contributed by atoms with Gasteiger partial charge in [0.2, 0.25) is 0 Å². The molecule has 0 aromatic heterocycles. The molecule has 3 amide bonds. The first kappa shape index (κ1) is 17.7. The number of hydrogen-bond donors (Lipinski definition) is 1. The molecular formula is C20H16N2O6. The maximum atomic E-state index is 12.3. The number of carbonyl (C=O) groups is 4. The summed E-state index contributed by atoms with van der Waals surface area (Å²) in [7, 11) is 0. The Hall–Kier alpha value is -3.68. The van der Waals surface area contributed by atoms with Crippen LogP contribution in [-0.2, 0) is 14.3 Å². The van der Waals surface area contributed by atoms with Crippen LogP contribution in [0.25, 0.3) is 0 Å². The summed E-state index contributed by atoms with van der Waals surface area (Å²) >= 11 is 0. The van der Waals surface area contributed by atoms with E-state index in [4.69, 9.17) is 9.47 Å². The minimum atomic E-state index is -0.998. The highest BCUT2D eigenvalue weighted by molar-refractivity contribution is 6.21. The van der Waals surface area contributed by atoms with Gasteiger partial charge in [-0.1, -0.05) is 24.3 Å². The van der Waals surface area contributed by atoms with Gasteiger partial charge in [0, 0.05) is 0 Å². The minimum absolute atomic E-state index is 0.0569. The van der Waals surface area contributed by atoms with Gasteiger partial charge in [0.15, 0.2) is 6.10 Å². The fraction of sp³-hybridized carbons (Fsp3) is 0.200. The lowest BCUT2D eigenvalue weighted by atomic mass is 10.1. The third-order valence-electron chi connectivity index (χ3n) is 4.51. The quantitative estimate of drug-likeness (QED) is 0.625. The summed E-state index contributed by atoms with van der Waals surface area (Å²) in [6.45, 7) is -0.214. The van der Waals surface area contributed by atoms with Crippen LogP contribution in [-0.4, -0.2) is 47.8 Å². The molecule has 2 aliphatic heterocycles. The predicted octanol–water partition coefficient (Wildman–Crippen LogP) is 1.62. The van der Waals surface area contributed by atoms with Crippen LogP contribution in [0.1, 0.15) is 27.1 Å².